The second-order valence-corrected chi connectivity index (χ2v) is 5.53. The Hall–Kier alpha value is -2.09. The van der Waals surface area contributed by atoms with Crippen molar-refractivity contribution in [2.24, 2.45) is 5.10 Å². The number of amides is 1. The highest BCUT2D eigenvalue weighted by Crippen LogP contribution is 2.22. The Bertz CT molecular complexity index is 674. The number of nitrogens with one attached hydrogen (secondary N) is 2. The van der Waals surface area contributed by atoms with E-state index < -0.39 is 0 Å². The molecule has 2 rings (SSSR count). The first-order valence-corrected chi connectivity index (χ1v) is 7.72. The number of anilines is 1. The number of hydrogen-bond donors (Lipinski definition) is 2. The van der Waals surface area contributed by atoms with Crippen LogP contribution in [0.25, 0.3) is 0 Å². The summed E-state index contributed by atoms with van der Waals surface area (Å²) in [4.78, 5) is 11.8. The Morgan fingerprint density at radius 1 is 1.23 bits per heavy atom. The zero-order chi connectivity index (χ0) is 15.8. The van der Waals surface area contributed by atoms with Crippen molar-refractivity contribution in [1.29, 1.82) is 0 Å². The summed E-state index contributed by atoms with van der Waals surface area (Å²) in [6.45, 7) is 0.115. The number of carbonyl (C=O) groups excluding carboxylic acids is 1. The summed E-state index contributed by atoms with van der Waals surface area (Å²) in [5.41, 5.74) is 4.21. The highest BCUT2D eigenvalue weighted by Gasteiger charge is 2.03. The minimum absolute atomic E-state index is 0.115. The van der Waals surface area contributed by atoms with Crippen molar-refractivity contribution in [3.63, 3.8) is 0 Å². The van der Waals surface area contributed by atoms with Crippen molar-refractivity contribution < 1.29 is 9.53 Å². The Balaban J connectivity index is 1.85. The lowest BCUT2D eigenvalue weighted by atomic mass is 10.2. The molecule has 0 radical (unpaired) electrons. The number of hydrazone groups is 1. The molecule has 0 bridgehead atoms. The number of methoxy groups -OCH3 is 1. The van der Waals surface area contributed by atoms with E-state index in [-0.39, 0.29) is 12.5 Å². The molecular formula is C16H16IN3O2. The fourth-order valence-electron chi connectivity index (χ4n) is 1.76. The molecule has 0 heterocycles. The molecule has 2 aromatic rings. The first kappa shape index (κ1) is 16.3. The normalized spacial score (nSPS) is 10.5. The molecule has 6 heteroatoms. The maximum Gasteiger partial charge on any atom is 0.259 e. The van der Waals surface area contributed by atoms with Crippen LogP contribution in [0.5, 0.6) is 5.75 Å². The van der Waals surface area contributed by atoms with E-state index in [9.17, 15) is 4.79 Å². The third-order valence-corrected chi connectivity index (χ3v) is 3.83. The van der Waals surface area contributed by atoms with Crippen LogP contribution in [-0.2, 0) is 4.79 Å². The van der Waals surface area contributed by atoms with Crippen LogP contribution >= 0.6 is 22.6 Å². The second-order valence-electron chi connectivity index (χ2n) is 4.37. The highest BCUT2D eigenvalue weighted by molar-refractivity contribution is 14.1. The third-order valence-electron chi connectivity index (χ3n) is 2.84. The number of hydrogen-bond acceptors (Lipinski definition) is 4. The highest BCUT2D eigenvalue weighted by atomic mass is 127. The third kappa shape index (κ3) is 4.73. The van der Waals surface area contributed by atoms with Gasteiger partial charge in [0.1, 0.15) is 5.75 Å². The predicted octanol–water partition coefficient (Wildman–Crippen LogP) is 2.86. The quantitative estimate of drug-likeness (QED) is 0.438. The van der Waals surface area contributed by atoms with Gasteiger partial charge in [-0.05, 0) is 40.8 Å². The zero-order valence-corrected chi connectivity index (χ0v) is 14.2. The summed E-state index contributed by atoms with van der Waals surface area (Å²) in [5, 5.41) is 6.97. The Kier molecular flexibility index (Phi) is 6.20. The molecule has 1 amide bonds. The molecule has 0 fully saturated rings. The molecule has 5 nitrogen and oxygen atoms in total. The van der Waals surface area contributed by atoms with E-state index in [2.05, 4.69) is 38.4 Å². The van der Waals surface area contributed by atoms with Crippen LogP contribution < -0.4 is 15.5 Å². The Morgan fingerprint density at radius 3 is 2.73 bits per heavy atom. The molecule has 0 atom stereocenters. The number of benzene rings is 2. The van der Waals surface area contributed by atoms with Crippen LogP contribution in [0.2, 0.25) is 0 Å². The largest absolute Gasteiger partial charge is 0.495 e. The summed E-state index contributed by atoms with van der Waals surface area (Å²) in [6, 6.07) is 15.2. The summed E-state index contributed by atoms with van der Waals surface area (Å²) in [6.07, 6.45) is 1.63. The van der Waals surface area contributed by atoms with E-state index >= 15 is 0 Å². The molecule has 0 aliphatic rings. The van der Waals surface area contributed by atoms with Gasteiger partial charge in [0.2, 0.25) is 0 Å². The molecule has 0 aromatic heterocycles. The zero-order valence-electron chi connectivity index (χ0n) is 12.0. The van der Waals surface area contributed by atoms with Gasteiger partial charge in [0.15, 0.2) is 0 Å². The van der Waals surface area contributed by atoms with Gasteiger partial charge in [-0.1, -0.05) is 30.3 Å². The lowest BCUT2D eigenvalue weighted by Crippen LogP contribution is -2.26. The minimum atomic E-state index is -0.229. The van der Waals surface area contributed by atoms with Gasteiger partial charge in [0.05, 0.1) is 25.6 Å². The topological polar surface area (TPSA) is 62.7 Å². The van der Waals surface area contributed by atoms with Gasteiger partial charge in [-0.3, -0.25) is 4.79 Å². The van der Waals surface area contributed by atoms with E-state index in [1.54, 1.807) is 13.3 Å². The van der Waals surface area contributed by atoms with E-state index in [4.69, 9.17) is 4.74 Å². The number of halogens is 1. The summed E-state index contributed by atoms with van der Waals surface area (Å²) in [5.74, 6) is 0.464. The van der Waals surface area contributed by atoms with Gasteiger partial charge in [-0.15, -0.1) is 0 Å². The SMILES string of the molecule is COc1ccccc1NCC(=O)NN=Cc1ccccc1I. The molecule has 2 N–H and O–H groups in total. The fraction of sp³-hybridized carbons (Fsp3) is 0.125. The van der Waals surface area contributed by atoms with Crippen LogP contribution in [0.4, 0.5) is 5.69 Å². The fourth-order valence-corrected chi connectivity index (χ4v) is 2.29. The van der Waals surface area contributed by atoms with Gasteiger partial charge in [-0.2, -0.15) is 5.10 Å². The molecule has 0 unspecified atom stereocenters. The van der Waals surface area contributed by atoms with E-state index in [0.717, 1.165) is 14.8 Å². The predicted molar refractivity (Wildman–Crippen MR) is 96.4 cm³/mol. The summed E-state index contributed by atoms with van der Waals surface area (Å²) in [7, 11) is 1.59. The molecule has 0 saturated heterocycles. The van der Waals surface area contributed by atoms with Crippen LogP contribution in [0.3, 0.4) is 0 Å². The standard InChI is InChI=1S/C16H16IN3O2/c1-22-15-9-5-4-8-14(15)18-11-16(21)20-19-10-12-6-2-3-7-13(12)17/h2-10,18H,11H2,1H3,(H,20,21). The molecule has 0 saturated carbocycles. The molecule has 0 aliphatic heterocycles. The van der Waals surface area contributed by atoms with Gasteiger partial charge in [-0.25, -0.2) is 5.43 Å². The second kappa shape index (κ2) is 8.38. The van der Waals surface area contributed by atoms with Gasteiger partial charge in [0, 0.05) is 9.13 Å². The number of nitrogens with zero attached hydrogens (tertiary/aromatic N) is 1. The average molecular weight is 409 g/mol. The van der Waals surface area contributed by atoms with Crippen LogP contribution in [0.1, 0.15) is 5.56 Å². The maximum atomic E-state index is 11.8. The van der Waals surface area contributed by atoms with Gasteiger partial charge in [0.25, 0.3) is 5.91 Å². The van der Waals surface area contributed by atoms with Crippen LogP contribution in [-0.4, -0.2) is 25.8 Å². The lowest BCUT2D eigenvalue weighted by Gasteiger charge is -2.09. The smallest absolute Gasteiger partial charge is 0.259 e. The number of ether oxygens (including phenoxy) is 1. The molecule has 114 valence electrons. The number of rotatable bonds is 6. The first-order chi connectivity index (χ1) is 10.7. The monoisotopic (exact) mass is 409 g/mol. The molecular weight excluding hydrogens is 393 g/mol. The Morgan fingerprint density at radius 2 is 1.95 bits per heavy atom. The van der Waals surface area contributed by atoms with Crippen molar-refractivity contribution in [2.45, 2.75) is 0 Å². The van der Waals surface area contributed by atoms with E-state index in [1.165, 1.54) is 0 Å². The summed E-state index contributed by atoms with van der Waals surface area (Å²) < 4.78 is 6.28. The van der Waals surface area contributed by atoms with E-state index in [0.29, 0.717) is 5.75 Å². The van der Waals surface area contributed by atoms with Crippen LogP contribution in [0.15, 0.2) is 53.6 Å². The minimum Gasteiger partial charge on any atom is -0.495 e. The average Bonchev–Trinajstić information content (AvgIpc) is 2.55. The van der Waals surface area contributed by atoms with Gasteiger partial charge >= 0.3 is 0 Å². The van der Waals surface area contributed by atoms with Crippen molar-refractivity contribution in [2.75, 3.05) is 19.0 Å². The molecule has 0 spiro atoms. The van der Waals surface area contributed by atoms with Crippen molar-refractivity contribution in [3.8, 4) is 5.75 Å². The molecule has 22 heavy (non-hydrogen) atoms. The lowest BCUT2D eigenvalue weighted by molar-refractivity contribution is -0.119. The van der Waals surface area contributed by atoms with Crippen molar-refractivity contribution in [1.82, 2.24) is 5.43 Å². The van der Waals surface area contributed by atoms with Crippen molar-refractivity contribution >= 4 is 40.4 Å². The Labute approximate surface area is 142 Å². The van der Waals surface area contributed by atoms with E-state index in [1.807, 2.05) is 48.5 Å². The number of carbonyl (C=O) groups is 1. The van der Waals surface area contributed by atoms with Crippen LogP contribution in [0, 0.1) is 3.57 Å². The molecule has 2 aromatic carbocycles. The molecule has 0 aliphatic carbocycles. The summed E-state index contributed by atoms with van der Waals surface area (Å²) >= 11 is 2.22. The van der Waals surface area contributed by atoms with Gasteiger partial charge < -0.3 is 10.1 Å². The number of para-hydroxylation sites is 2. The first-order valence-electron chi connectivity index (χ1n) is 6.64. The van der Waals surface area contributed by atoms with Crippen molar-refractivity contribution in [3.05, 3.63) is 57.7 Å². The maximum absolute atomic E-state index is 11.8.